The Labute approximate surface area is 137 Å². The number of benzene rings is 1. The topological polar surface area (TPSA) is 66.3 Å². The summed E-state index contributed by atoms with van der Waals surface area (Å²) in [6.45, 7) is 2.43. The summed E-state index contributed by atoms with van der Waals surface area (Å²) in [5.41, 5.74) is 2.93. The summed E-state index contributed by atoms with van der Waals surface area (Å²) >= 11 is 1.47. The largest absolute Gasteiger partial charge is 0.293 e. The highest BCUT2D eigenvalue weighted by molar-refractivity contribution is 7.98. The van der Waals surface area contributed by atoms with Gasteiger partial charge in [-0.3, -0.25) is 14.8 Å². The molecule has 0 radical (unpaired) electrons. The molecule has 0 atom stereocenters. The Morgan fingerprint density at radius 2 is 2.09 bits per heavy atom. The van der Waals surface area contributed by atoms with E-state index in [2.05, 4.69) is 44.2 Å². The monoisotopic (exact) mass is 327 g/mol. The third-order valence-corrected chi connectivity index (χ3v) is 4.72. The van der Waals surface area contributed by atoms with Crippen LogP contribution in [0.2, 0.25) is 0 Å². The Morgan fingerprint density at radius 1 is 1.26 bits per heavy atom. The van der Waals surface area contributed by atoms with Gasteiger partial charge in [0.05, 0.1) is 5.69 Å². The molecule has 0 bridgehead atoms. The van der Waals surface area contributed by atoms with Crippen molar-refractivity contribution in [1.82, 2.24) is 24.5 Å². The minimum atomic E-state index is -0.0165. The van der Waals surface area contributed by atoms with Gasteiger partial charge in [0, 0.05) is 25.2 Å². The van der Waals surface area contributed by atoms with Crippen molar-refractivity contribution >= 4 is 17.5 Å². The Kier molecular flexibility index (Phi) is 3.66. The molecule has 3 aromatic rings. The molecule has 0 unspecified atom stereocenters. The first kappa shape index (κ1) is 14.5. The van der Waals surface area contributed by atoms with Crippen LogP contribution in [0.4, 0.5) is 0 Å². The normalized spacial score (nSPS) is 15.0. The van der Waals surface area contributed by atoms with Gasteiger partial charge in [-0.05, 0) is 18.2 Å². The molecule has 0 saturated carbocycles. The van der Waals surface area contributed by atoms with E-state index in [1.807, 2.05) is 12.3 Å². The van der Waals surface area contributed by atoms with E-state index >= 15 is 0 Å². The van der Waals surface area contributed by atoms with E-state index in [9.17, 15) is 4.79 Å². The molecular formula is C16H17N5OS. The molecule has 1 aliphatic rings. The summed E-state index contributed by atoms with van der Waals surface area (Å²) in [5.74, 6) is 0.458. The standard InChI is InChI=1S/C16H17N5OS/c1-23-16-18-15-17-13-10-20(9-11-5-3-2-4-6-11)8-7-12(13)14(22)21(15)19-16/h2-6H,7-10H2,1H3,(H,17,18,19). The van der Waals surface area contributed by atoms with E-state index in [1.165, 1.54) is 21.8 Å². The van der Waals surface area contributed by atoms with Gasteiger partial charge in [0.1, 0.15) is 0 Å². The van der Waals surface area contributed by atoms with Gasteiger partial charge in [0.2, 0.25) is 0 Å². The average molecular weight is 327 g/mol. The van der Waals surface area contributed by atoms with Crippen LogP contribution in [0.3, 0.4) is 0 Å². The summed E-state index contributed by atoms with van der Waals surface area (Å²) in [6.07, 6.45) is 2.65. The molecule has 1 aromatic carbocycles. The van der Waals surface area contributed by atoms with Crippen LogP contribution in [0.15, 0.2) is 40.3 Å². The second-order valence-corrected chi connectivity index (χ2v) is 6.45. The molecule has 0 spiro atoms. The number of aromatic nitrogens is 4. The molecule has 118 valence electrons. The van der Waals surface area contributed by atoms with Crippen molar-refractivity contribution in [2.75, 3.05) is 12.8 Å². The molecule has 0 fully saturated rings. The Balaban J connectivity index is 1.66. The van der Waals surface area contributed by atoms with Crippen LogP contribution in [-0.4, -0.2) is 37.3 Å². The van der Waals surface area contributed by atoms with Crippen LogP contribution in [0, 0.1) is 0 Å². The number of aromatic amines is 1. The van der Waals surface area contributed by atoms with Crippen LogP contribution in [-0.2, 0) is 19.5 Å². The summed E-state index contributed by atoms with van der Waals surface area (Å²) in [4.78, 5) is 23.9. The fourth-order valence-electron chi connectivity index (χ4n) is 2.99. The zero-order valence-electron chi connectivity index (χ0n) is 12.8. The molecule has 4 rings (SSSR count). The van der Waals surface area contributed by atoms with Crippen LogP contribution in [0.25, 0.3) is 5.78 Å². The van der Waals surface area contributed by atoms with Crippen LogP contribution in [0.5, 0.6) is 0 Å². The molecule has 3 heterocycles. The SMILES string of the molecule is CSc1nc2nc3c(c(=O)n2[nH]1)CCN(Cc1ccccc1)C3. The van der Waals surface area contributed by atoms with E-state index in [4.69, 9.17) is 0 Å². The molecule has 1 N–H and O–H groups in total. The van der Waals surface area contributed by atoms with Crippen LogP contribution >= 0.6 is 11.8 Å². The predicted octanol–water partition coefficient (Wildman–Crippen LogP) is 1.70. The van der Waals surface area contributed by atoms with E-state index in [0.717, 1.165) is 30.8 Å². The van der Waals surface area contributed by atoms with Gasteiger partial charge < -0.3 is 0 Å². The van der Waals surface area contributed by atoms with Gasteiger partial charge in [-0.25, -0.2) is 4.98 Å². The zero-order valence-corrected chi connectivity index (χ0v) is 13.6. The number of nitrogens with one attached hydrogen (secondary N) is 1. The maximum atomic E-state index is 12.6. The van der Waals surface area contributed by atoms with Gasteiger partial charge in [-0.2, -0.15) is 9.50 Å². The highest BCUT2D eigenvalue weighted by Gasteiger charge is 2.22. The number of rotatable bonds is 3. The molecule has 0 saturated heterocycles. The van der Waals surface area contributed by atoms with Crippen molar-refractivity contribution in [3.8, 4) is 0 Å². The van der Waals surface area contributed by atoms with E-state index < -0.39 is 0 Å². The number of hydrogen-bond acceptors (Lipinski definition) is 5. The molecule has 0 amide bonds. The van der Waals surface area contributed by atoms with Crippen molar-refractivity contribution in [2.45, 2.75) is 24.7 Å². The van der Waals surface area contributed by atoms with Crippen LogP contribution in [0.1, 0.15) is 16.8 Å². The van der Waals surface area contributed by atoms with Crippen molar-refractivity contribution in [3.63, 3.8) is 0 Å². The maximum Gasteiger partial charge on any atom is 0.277 e. The number of thioether (sulfide) groups is 1. The molecular weight excluding hydrogens is 310 g/mol. The molecule has 23 heavy (non-hydrogen) atoms. The molecule has 1 aliphatic heterocycles. The fourth-order valence-corrected chi connectivity index (χ4v) is 3.34. The van der Waals surface area contributed by atoms with Gasteiger partial charge in [-0.1, -0.05) is 42.1 Å². The lowest BCUT2D eigenvalue weighted by Gasteiger charge is -2.27. The first-order valence-electron chi connectivity index (χ1n) is 7.55. The highest BCUT2D eigenvalue weighted by Crippen LogP contribution is 2.18. The Morgan fingerprint density at radius 3 is 2.87 bits per heavy atom. The second kappa shape index (κ2) is 5.82. The summed E-state index contributed by atoms with van der Waals surface area (Å²) in [6, 6.07) is 10.4. The van der Waals surface area contributed by atoms with Crippen molar-refractivity contribution in [2.24, 2.45) is 0 Å². The van der Waals surface area contributed by atoms with Gasteiger partial charge in [-0.15, -0.1) is 0 Å². The molecule has 7 heteroatoms. The quantitative estimate of drug-likeness (QED) is 0.742. The lowest BCUT2D eigenvalue weighted by atomic mass is 10.1. The number of nitrogens with zero attached hydrogens (tertiary/aromatic N) is 4. The smallest absolute Gasteiger partial charge is 0.277 e. The summed E-state index contributed by atoms with van der Waals surface area (Å²) in [7, 11) is 0. The number of H-pyrrole nitrogens is 1. The van der Waals surface area contributed by atoms with E-state index in [-0.39, 0.29) is 5.56 Å². The Hall–Kier alpha value is -2.12. The predicted molar refractivity (Wildman–Crippen MR) is 89.6 cm³/mol. The zero-order chi connectivity index (χ0) is 15.8. The van der Waals surface area contributed by atoms with Gasteiger partial charge in [0.25, 0.3) is 11.3 Å². The van der Waals surface area contributed by atoms with Gasteiger partial charge >= 0.3 is 0 Å². The molecule has 6 nitrogen and oxygen atoms in total. The third kappa shape index (κ3) is 2.66. The highest BCUT2D eigenvalue weighted by atomic mass is 32.2. The van der Waals surface area contributed by atoms with Crippen LogP contribution < -0.4 is 5.56 Å². The van der Waals surface area contributed by atoms with Crippen molar-refractivity contribution in [3.05, 3.63) is 57.5 Å². The summed E-state index contributed by atoms with van der Waals surface area (Å²) < 4.78 is 1.46. The van der Waals surface area contributed by atoms with Crippen molar-refractivity contribution < 1.29 is 0 Å². The minimum absolute atomic E-state index is 0.0165. The Bertz CT molecular complexity index is 902. The average Bonchev–Trinajstić information content (AvgIpc) is 2.99. The number of hydrogen-bond donors (Lipinski definition) is 1. The summed E-state index contributed by atoms with van der Waals surface area (Å²) in [5, 5.41) is 3.70. The maximum absolute atomic E-state index is 12.6. The van der Waals surface area contributed by atoms with Crippen molar-refractivity contribution in [1.29, 1.82) is 0 Å². The molecule has 0 aliphatic carbocycles. The lowest BCUT2D eigenvalue weighted by molar-refractivity contribution is 0.240. The molecule has 2 aromatic heterocycles. The lowest BCUT2D eigenvalue weighted by Crippen LogP contribution is -2.36. The minimum Gasteiger partial charge on any atom is -0.293 e. The van der Waals surface area contributed by atoms with Gasteiger partial charge in [0.15, 0.2) is 5.16 Å². The number of fused-ring (bicyclic) bond motifs is 2. The fraction of sp³-hybridized carbons (Fsp3) is 0.312. The first-order valence-corrected chi connectivity index (χ1v) is 8.78. The van der Waals surface area contributed by atoms with E-state index in [1.54, 1.807) is 0 Å². The third-order valence-electron chi connectivity index (χ3n) is 4.15. The van der Waals surface area contributed by atoms with E-state index in [0.29, 0.717) is 17.5 Å². The second-order valence-electron chi connectivity index (χ2n) is 5.66. The first-order chi connectivity index (χ1) is 11.2.